The average molecular weight is 311 g/mol. The Morgan fingerprint density at radius 2 is 2.09 bits per heavy atom. The largest absolute Gasteiger partial charge is 0.341 e. The molecule has 2 N–H and O–H groups in total. The fourth-order valence-electron chi connectivity index (χ4n) is 2.81. The number of aryl methyl sites for hydroxylation is 2. The molecule has 1 unspecified atom stereocenters. The van der Waals surface area contributed by atoms with E-state index in [0.29, 0.717) is 12.0 Å². The van der Waals surface area contributed by atoms with Crippen molar-refractivity contribution in [3.05, 3.63) is 47.8 Å². The Kier molecular flexibility index (Phi) is 4.48. The number of benzene rings is 1. The van der Waals surface area contributed by atoms with Gasteiger partial charge >= 0.3 is 0 Å². The zero-order chi connectivity index (χ0) is 16.4. The van der Waals surface area contributed by atoms with E-state index in [1.807, 2.05) is 18.7 Å². The third-order valence-electron chi connectivity index (χ3n) is 4.53. The maximum absolute atomic E-state index is 4.76. The molecule has 122 valence electrons. The van der Waals surface area contributed by atoms with Crippen molar-refractivity contribution < 1.29 is 0 Å². The van der Waals surface area contributed by atoms with Crippen LogP contribution < -0.4 is 5.32 Å². The van der Waals surface area contributed by atoms with E-state index in [9.17, 15) is 0 Å². The number of fused-ring (bicyclic) bond motifs is 1. The van der Waals surface area contributed by atoms with Gasteiger partial charge in [0.25, 0.3) is 0 Å². The van der Waals surface area contributed by atoms with Gasteiger partial charge in [0.15, 0.2) is 0 Å². The number of hydrogen-bond donors (Lipinski definition) is 2. The van der Waals surface area contributed by atoms with Crippen molar-refractivity contribution in [2.45, 2.75) is 46.8 Å². The molecule has 0 saturated heterocycles. The Balaban J connectivity index is 1.72. The number of H-pyrrole nitrogens is 1. The van der Waals surface area contributed by atoms with Crippen LogP contribution >= 0.6 is 0 Å². The quantitative estimate of drug-likeness (QED) is 0.735. The summed E-state index contributed by atoms with van der Waals surface area (Å²) in [7, 11) is 0. The Morgan fingerprint density at radius 3 is 2.78 bits per heavy atom. The van der Waals surface area contributed by atoms with Gasteiger partial charge in [0.1, 0.15) is 5.82 Å². The molecule has 0 aliphatic rings. The fraction of sp³-hybridized carbons (Fsp3) is 0.444. The lowest BCUT2D eigenvalue weighted by molar-refractivity contribution is 0.351. The molecule has 1 atom stereocenters. The third-order valence-corrected chi connectivity index (χ3v) is 4.53. The van der Waals surface area contributed by atoms with Crippen LogP contribution in [0.5, 0.6) is 0 Å². The summed E-state index contributed by atoms with van der Waals surface area (Å²) in [6.07, 6.45) is 5.69. The van der Waals surface area contributed by atoms with Crippen LogP contribution in [0.4, 0.5) is 0 Å². The second-order valence-corrected chi connectivity index (χ2v) is 6.58. The zero-order valence-electron chi connectivity index (χ0n) is 14.3. The highest BCUT2D eigenvalue weighted by molar-refractivity contribution is 5.79. The summed E-state index contributed by atoms with van der Waals surface area (Å²) in [6, 6.07) is 4.63. The van der Waals surface area contributed by atoms with Crippen LogP contribution in [0.2, 0.25) is 0 Å². The molecule has 0 saturated carbocycles. The van der Waals surface area contributed by atoms with Crippen molar-refractivity contribution in [2.24, 2.45) is 5.92 Å². The molecule has 0 fully saturated rings. The normalized spacial score (nSPS) is 13.1. The maximum Gasteiger partial charge on any atom is 0.121 e. The molecule has 5 nitrogen and oxygen atoms in total. The van der Waals surface area contributed by atoms with Crippen LogP contribution in [0.15, 0.2) is 30.9 Å². The summed E-state index contributed by atoms with van der Waals surface area (Å²) in [5.41, 5.74) is 4.73. The van der Waals surface area contributed by atoms with E-state index in [4.69, 9.17) is 4.98 Å². The van der Waals surface area contributed by atoms with Gasteiger partial charge in [-0.3, -0.25) is 0 Å². The minimum Gasteiger partial charge on any atom is -0.341 e. The lowest BCUT2D eigenvalue weighted by Gasteiger charge is -2.22. The Bertz CT molecular complexity index is 770. The van der Waals surface area contributed by atoms with E-state index >= 15 is 0 Å². The van der Waals surface area contributed by atoms with Gasteiger partial charge < -0.3 is 14.9 Å². The van der Waals surface area contributed by atoms with Crippen LogP contribution in [0.3, 0.4) is 0 Å². The van der Waals surface area contributed by atoms with Crippen LogP contribution in [-0.4, -0.2) is 25.6 Å². The first-order valence-electron chi connectivity index (χ1n) is 8.18. The van der Waals surface area contributed by atoms with Gasteiger partial charge in [-0.05, 0) is 37.0 Å². The van der Waals surface area contributed by atoms with Crippen LogP contribution in [0, 0.1) is 19.8 Å². The standard InChI is InChI=1S/C18H25N5/c1-12(2)16(10-23-8-7-19-11-23)20-9-17-21-15-6-5-13(3)14(4)18(15)22-17/h5-8,11-12,16,20H,9-10H2,1-4H3,(H,21,22). The third kappa shape index (κ3) is 3.45. The molecule has 1 aromatic carbocycles. The predicted molar refractivity (Wildman–Crippen MR) is 93.3 cm³/mol. The molecule has 2 aromatic heterocycles. The summed E-state index contributed by atoms with van der Waals surface area (Å²) < 4.78 is 2.11. The molecule has 0 aliphatic heterocycles. The highest BCUT2D eigenvalue weighted by atomic mass is 15.1. The van der Waals surface area contributed by atoms with Crippen molar-refractivity contribution >= 4 is 11.0 Å². The molecule has 0 amide bonds. The van der Waals surface area contributed by atoms with Gasteiger partial charge in [-0.1, -0.05) is 19.9 Å². The monoisotopic (exact) mass is 311 g/mol. The van der Waals surface area contributed by atoms with Crippen molar-refractivity contribution in [1.29, 1.82) is 0 Å². The average Bonchev–Trinajstić information content (AvgIpc) is 3.16. The molecular formula is C18H25N5. The molecular weight excluding hydrogens is 286 g/mol. The van der Waals surface area contributed by atoms with Gasteiger partial charge in [0, 0.05) is 25.0 Å². The second-order valence-electron chi connectivity index (χ2n) is 6.58. The number of nitrogens with one attached hydrogen (secondary N) is 2. The maximum atomic E-state index is 4.76. The highest BCUT2D eigenvalue weighted by Crippen LogP contribution is 2.19. The second kappa shape index (κ2) is 6.54. The zero-order valence-corrected chi connectivity index (χ0v) is 14.3. The molecule has 3 rings (SSSR count). The van der Waals surface area contributed by atoms with E-state index in [1.165, 1.54) is 11.1 Å². The number of aromatic nitrogens is 4. The Morgan fingerprint density at radius 1 is 1.26 bits per heavy atom. The molecule has 0 radical (unpaired) electrons. The molecule has 0 aliphatic carbocycles. The molecule has 3 aromatic rings. The van der Waals surface area contributed by atoms with Crippen LogP contribution in [0.25, 0.3) is 11.0 Å². The van der Waals surface area contributed by atoms with Gasteiger partial charge in [-0.15, -0.1) is 0 Å². The minimum atomic E-state index is 0.375. The van der Waals surface area contributed by atoms with Gasteiger partial charge in [-0.25, -0.2) is 9.97 Å². The number of nitrogens with zero attached hydrogens (tertiary/aromatic N) is 3. The first-order chi connectivity index (χ1) is 11.0. The van der Waals surface area contributed by atoms with E-state index in [2.05, 4.69) is 59.7 Å². The SMILES string of the molecule is Cc1ccc2[nH]c(CNC(Cn3ccnc3)C(C)C)nc2c1C. The first kappa shape index (κ1) is 15.7. The lowest BCUT2D eigenvalue weighted by atomic mass is 10.0. The summed E-state index contributed by atoms with van der Waals surface area (Å²) >= 11 is 0. The summed E-state index contributed by atoms with van der Waals surface area (Å²) in [4.78, 5) is 12.3. The van der Waals surface area contributed by atoms with Crippen molar-refractivity contribution in [3.8, 4) is 0 Å². The number of hydrogen-bond acceptors (Lipinski definition) is 3. The van der Waals surface area contributed by atoms with Crippen molar-refractivity contribution in [3.63, 3.8) is 0 Å². The van der Waals surface area contributed by atoms with E-state index in [-0.39, 0.29) is 0 Å². The number of imidazole rings is 2. The fourth-order valence-corrected chi connectivity index (χ4v) is 2.81. The van der Waals surface area contributed by atoms with Crippen LogP contribution in [-0.2, 0) is 13.1 Å². The van der Waals surface area contributed by atoms with Crippen molar-refractivity contribution in [1.82, 2.24) is 24.8 Å². The van der Waals surface area contributed by atoms with E-state index in [1.54, 1.807) is 0 Å². The summed E-state index contributed by atoms with van der Waals surface area (Å²) in [6.45, 7) is 10.4. The summed E-state index contributed by atoms with van der Waals surface area (Å²) in [5.74, 6) is 1.52. The molecule has 23 heavy (non-hydrogen) atoms. The molecule has 0 spiro atoms. The topological polar surface area (TPSA) is 58.5 Å². The van der Waals surface area contributed by atoms with E-state index < -0.39 is 0 Å². The predicted octanol–water partition coefficient (Wildman–Crippen LogP) is 3.19. The Hall–Kier alpha value is -2.14. The van der Waals surface area contributed by atoms with Gasteiger partial charge in [-0.2, -0.15) is 0 Å². The number of aromatic amines is 1. The minimum absolute atomic E-state index is 0.375. The lowest BCUT2D eigenvalue weighted by Crippen LogP contribution is -2.37. The Labute approximate surface area is 137 Å². The number of rotatable bonds is 6. The first-order valence-corrected chi connectivity index (χ1v) is 8.18. The van der Waals surface area contributed by atoms with E-state index in [0.717, 1.165) is 29.9 Å². The molecule has 2 heterocycles. The molecule has 5 heteroatoms. The smallest absolute Gasteiger partial charge is 0.121 e. The summed E-state index contributed by atoms with van der Waals surface area (Å²) in [5, 5.41) is 3.63. The van der Waals surface area contributed by atoms with Gasteiger partial charge in [0.2, 0.25) is 0 Å². The van der Waals surface area contributed by atoms with Crippen molar-refractivity contribution in [2.75, 3.05) is 0 Å². The van der Waals surface area contributed by atoms with Gasteiger partial charge in [0.05, 0.1) is 23.9 Å². The molecule has 0 bridgehead atoms. The highest BCUT2D eigenvalue weighted by Gasteiger charge is 2.14. The van der Waals surface area contributed by atoms with Crippen LogP contribution in [0.1, 0.15) is 30.8 Å².